The van der Waals surface area contributed by atoms with Gasteiger partial charge in [0.25, 0.3) is 0 Å². The minimum absolute atomic E-state index is 0.264. The van der Waals surface area contributed by atoms with Crippen molar-refractivity contribution in [2.24, 2.45) is 5.92 Å². The van der Waals surface area contributed by atoms with E-state index in [9.17, 15) is 9.59 Å². The summed E-state index contributed by atoms with van der Waals surface area (Å²) >= 11 is 0. The van der Waals surface area contributed by atoms with Gasteiger partial charge in [-0.1, -0.05) is 27.2 Å². The Morgan fingerprint density at radius 1 is 1.12 bits per heavy atom. The normalized spacial score (nSPS) is 10.0. The first-order valence-corrected chi connectivity index (χ1v) is 5.51. The summed E-state index contributed by atoms with van der Waals surface area (Å²) in [6.07, 6.45) is 0.895. The van der Waals surface area contributed by atoms with Crippen LogP contribution in [0.15, 0.2) is 0 Å². The molecule has 0 atom stereocenters. The molecule has 0 fully saturated rings. The zero-order valence-corrected chi connectivity index (χ0v) is 10.2. The van der Waals surface area contributed by atoms with E-state index in [-0.39, 0.29) is 5.92 Å². The molecule has 0 bridgehead atoms. The van der Waals surface area contributed by atoms with Gasteiger partial charge in [-0.2, -0.15) is 0 Å². The largest absolute Gasteiger partial charge is 0.508 e. The topological polar surface area (TPSA) is 61.8 Å². The Hall–Kier alpha value is -1.26. The minimum Gasteiger partial charge on any atom is -0.463 e. The number of ether oxygens (including phenoxy) is 3. The number of rotatable bonds is 7. The van der Waals surface area contributed by atoms with Gasteiger partial charge in [-0.15, -0.1) is 0 Å². The average molecular weight is 232 g/mol. The number of unbranched alkanes of at least 4 members (excludes halogenated alkanes) is 1. The SMILES string of the molecule is CCCCOC(=O)OCC(=O)OCC(C)C. The summed E-state index contributed by atoms with van der Waals surface area (Å²) in [6.45, 7) is 6.08. The third-order valence-corrected chi connectivity index (χ3v) is 1.60. The molecular weight excluding hydrogens is 212 g/mol. The van der Waals surface area contributed by atoms with Crippen molar-refractivity contribution >= 4 is 12.1 Å². The highest BCUT2D eigenvalue weighted by molar-refractivity contribution is 5.73. The molecule has 0 N–H and O–H groups in total. The molecule has 0 aliphatic rings. The Kier molecular flexibility index (Phi) is 8.29. The van der Waals surface area contributed by atoms with Gasteiger partial charge in [-0.05, 0) is 12.3 Å². The van der Waals surface area contributed by atoms with Crippen molar-refractivity contribution < 1.29 is 23.8 Å². The van der Waals surface area contributed by atoms with Crippen molar-refractivity contribution in [1.82, 2.24) is 0 Å². The second-order valence-corrected chi connectivity index (χ2v) is 3.82. The van der Waals surface area contributed by atoms with Crippen LogP contribution in [0.1, 0.15) is 33.6 Å². The molecule has 5 nitrogen and oxygen atoms in total. The van der Waals surface area contributed by atoms with Gasteiger partial charge in [0, 0.05) is 0 Å². The molecule has 0 amide bonds. The molecule has 94 valence electrons. The summed E-state index contributed by atoms with van der Waals surface area (Å²) in [5.41, 5.74) is 0. The molecule has 0 radical (unpaired) electrons. The van der Waals surface area contributed by atoms with Crippen LogP contribution < -0.4 is 0 Å². The maximum absolute atomic E-state index is 11.0. The molecule has 0 aliphatic carbocycles. The summed E-state index contributed by atoms with van der Waals surface area (Å²) < 4.78 is 14.0. The minimum atomic E-state index is -0.824. The standard InChI is InChI=1S/C11H20O5/c1-4-5-6-14-11(13)16-8-10(12)15-7-9(2)3/h9H,4-8H2,1-3H3. The van der Waals surface area contributed by atoms with E-state index in [1.165, 1.54) is 0 Å². The highest BCUT2D eigenvalue weighted by Crippen LogP contribution is 1.95. The summed E-state index contributed by atoms with van der Waals surface area (Å²) in [7, 11) is 0. The van der Waals surface area contributed by atoms with Crippen LogP contribution in [0.3, 0.4) is 0 Å². The number of esters is 1. The lowest BCUT2D eigenvalue weighted by Gasteiger charge is -2.07. The van der Waals surface area contributed by atoms with Crippen LogP contribution in [-0.4, -0.2) is 31.9 Å². The lowest BCUT2D eigenvalue weighted by atomic mass is 10.2. The van der Waals surface area contributed by atoms with E-state index < -0.39 is 18.7 Å². The van der Waals surface area contributed by atoms with E-state index in [1.54, 1.807) is 0 Å². The predicted octanol–water partition coefficient (Wildman–Crippen LogP) is 2.14. The number of hydrogen-bond donors (Lipinski definition) is 0. The van der Waals surface area contributed by atoms with E-state index in [4.69, 9.17) is 4.74 Å². The number of carbonyl (C=O) groups is 2. The quantitative estimate of drug-likeness (QED) is 0.497. The van der Waals surface area contributed by atoms with Crippen molar-refractivity contribution in [2.45, 2.75) is 33.6 Å². The van der Waals surface area contributed by atoms with Gasteiger partial charge in [0.1, 0.15) is 0 Å². The fraction of sp³-hybridized carbons (Fsp3) is 0.818. The Morgan fingerprint density at radius 2 is 1.81 bits per heavy atom. The highest BCUT2D eigenvalue weighted by atomic mass is 16.7. The summed E-state index contributed by atoms with van der Waals surface area (Å²) in [5.74, 6) is -0.290. The van der Waals surface area contributed by atoms with Gasteiger partial charge < -0.3 is 14.2 Å². The molecule has 0 aliphatic heterocycles. The molecule has 0 unspecified atom stereocenters. The molecule has 0 rings (SSSR count). The molecule has 0 aromatic rings. The van der Waals surface area contributed by atoms with Crippen molar-refractivity contribution in [3.05, 3.63) is 0 Å². The van der Waals surface area contributed by atoms with Crippen LogP contribution in [0.2, 0.25) is 0 Å². The van der Waals surface area contributed by atoms with Gasteiger partial charge in [-0.3, -0.25) is 0 Å². The van der Waals surface area contributed by atoms with Crippen LogP contribution in [-0.2, 0) is 19.0 Å². The summed E-state index contributed by atoms with van der Waals surface area (Å²) in [5, 5.41) is 0. The molecule has 0 saturated heterocycles. The summed E-state index contributed by atoms with van der Waals surface area (Å²) in [4.78, 5) is 21.9. The molecule has 0 saturated carbocycles. The fourth-order valence-corrected chi connectivity index (χ4v) is 0.761. The van der Waals surface area contributed by atoms with Crippen molar-refractivity contribution in [3.8, 4) is 0 Å². The van der Waals surface area contributed by atoms with Crippen LogP contribution >= 0.6 is 0 Å². The van der Waals surface area contributed by atoms with E-state index in [0.717, 1.165) is 12.8 Å². The maximum Gasteiger partial charge on any atom is 0.508 e. The number of hydrogen-bond acceptors (Lipinski definition) is 5. The zero-order valence-electron chi connectivity index (χ0n) is 10.2. The van der Waals surface area contributed by atoms with Crippen molar-refractivity contribution in [3.63, 3.8) is 0 Å². The molecule has 16 heavy (non-hydrogen) atoms. The van der Waals surface area contributed by atoms with Gasteiger partial charge in [0.15, 0.2) is 6.61 Å². The zero-order chi connectivity index (χ0) is 12.4. The Labute approximate surface area is 96.1 Å². The second-order valence-electron chi connectivity index (χ2n) is 3.82. The van der Waals surface area contributed by atoms with Crippen LogP contribution in [0.25, 0.3) is 0 Å². The smallest absolute Gasteiger partial charge is 0.463 e. The number of carbonyl (C=O) groups excluding carboxylic acids is 2. The lowest BCUT2D eigenvalue weighted by molar-refractivity contribution is -0.148. The monoisotopic (exact) mass is 232 g/mol. The molecule has 0 heterocycles. The van der Waals surface area contributed by atoms with Crippen LogP contribution in [0, 0.1) is 5.92 Å². The first-order chi connectivity index (χ1) is 7.56. The van der Waals surface area contributed by atoms with Gasteiger partial charge in [0.2, 0.25) is 0 Å². The Bertz CT molecular complexity index is 212. The van der Waals surface area contributed by atoms with E-state index in [0.29, 0.717) is 13.2 Å². The predicted molar refractivity (Wildman–Crippen MR) is 58.0 cm³/mol. The third-order valence-electron chi connectivity index (χ3n) is 1.60. The van der Waals surface area contributed by atoms with Gasteiger partial charge >= 0.3 is 12.1 Å². The molecule has 5 heteroatoms. The highest BCUT2D eigenvalue weighted by Gasteiger charge is 2.09. The van der Waals surface area contributed by atoms with Crippen LogP contribution in [0.5, 0.6) is 0 Å². The van der Waals surface area contributed by atoms with E-state index in [1.807, 2.05) is 20.8 Å². The van der Waals surface area contributed by atoms with Crippen molar-refractivity contribution in [1.29, 1.82) is 0 Å². The molecular formula is C11H20O5. The Morgan fingerprint density at radius 3 is 2.38 bits per heavy atom. The Balaban J connectivity index is 3.47. The third kappa shape index (κ3) is 9.30. The average Bonchev–Trinajstić information content (AvgIpc) is 2.24. The first kappa shape index (κ1) is 14.7. The first-order valence-electron chi connectivity index (χ1n) is 5.51. The maximum atomic E-state index is 11.0. The van der Waals surface area contributed by atoms with Crippen LogP contribution in [0.4, 0.5) is 4.79 Å². The second kappa shape index (κ2) is 9.00. The van der Waals surface area contributed by atoms with Gasteiger partial charge in [0.05, 0.1) is 13.2 Å². The summed E-state index contributed by atoms with van der Waals surface area (Å²) in [6, 6.07) is 0. The van der Waals surface area contributed by atoms with E-state index in [2.05, 4.69) is 9.47 Å². The molecule has 0 aromatic heterocycles. The fourth-order valence-electron chi connectivity index (χ4n) is 0.761. The van der Waals surface area contributed by atoms with Gasteiger partial charge in [-0.25, -0.2) is 9.59 Å². The molecule has 0 spiro atoms. The van der Waals surface area contributed by atoms with Crippen molar-refractivity contribution in [2.75, 3.05) is 19.8 Å². The molecule has 0 aromatic carbocycles. The lowest BCUT2D eigenvalue weighted by Crippen LogP contribution is -2.19. The van der Waals surface area contributed by atoms with E-state index >= 15 is 0 Å².